The smallest absolute Gasteiger partial charge is 0.316 e. The van der Waals surface area contributed by atoms with Gasteiger partial charge in [-0.25, -0.2) is 0 Å². The van der Waals surface area contributed by atoms with E-state index in [4.69, 9.17) is 4.74 Å². The third kappa shape index (κ3) is 5.76. The number of rotatable bonds is 9. The van der Waals surface area contributed by atoms with Gasteiger partial charge in [-0.15, -0.1) is 10.2 Å². The third-order valence-corrected chi connectivity index (χ3v) is 5.66. The number of thioether (sulfide) groups is 1. The SMILES string of the molecule is CC(C)N(C(=O)COC(=O)CSc1nnc(-c2ccccc2)n1-c1ccccc1)C(C)C. The normalized spacial score (nSPS) is 11.1. The van der Waals surface area contributed by atoms with Crippen LogP contribution >= 0.6 is 11.8 Å². The second-order valence-corrected chi connectivity index (χ2v) is 8.72. The molecule has 0 atom stereocenters. The number of carbonyl (C=O) groups excluding carboxylic acids is 2. The monoisotopic (exact) mass is 452 g/mol. The lowest BCUT2D eigenvalue weighted by Gasteiger charge is -2.30. The summed E-state index contributed by atoms with van der Waals surface area (Å²) in [5.74, 6) is 0.0374. The number of aromatic nitrogens is 3. The Kier molecular flexibility index (Phi) is 8.05. The quantitative estimate of drug-likeness (QED) is 0.357. The zero-order valence-electron chi connectivity index (χ0n) is 18.8. The Balaban J connectivity index is 1.71. The van der Waals surface area contributed by atoms with Crippen molar-refractivity contribution in [1.29, 1.82) is 0 Å². The van der Waals surface area contributed by atoms with Gasteiger partial charge in [0.2, 0.25) is 0 Å². The van der Waals surface area contributed by atoms with Crippen LogP contribution in [0.2, 0.25) is 0 Å². The summed E-state index contributed by atoms with van der Waals surface area (Å²) in [5, 5.41) is 9.23. The Morgan fingerprint density at radius 1 is 0.938 bits per heavy atom. The highest BCUT2D eigenvalue weighted by Gasteiger charge is 2.22. The van der Waals surface area contributed by atoms with E-state index in [1.165, 1.54) is 11.8 Å². The van der Waals surface area contributed by atoms with Gasteiger partial charge < -0.3 is 9.64 Å². The molecule has 0 saturated carbocycles. The van der Waals surface area contributed by atoms with E-state index in [-0.39, 0.29) is 30.4 Å². The molecule has 168 valence electrons. The molecule has 8 heteroatoms. The van der Waals surface area contributed by atoms with Crippen molar-refractivity contribution in [2.75, 3.05) is 12.4 Å². The van der Waals surface area contributed by atoms with Crippen molar-refractivity contribution in [3.63, 3.8) is 0 Å². The van der Waals surface area contributed by atoms with Crippen LogP contribution in [0.3, 0.4) is 0 Å². The van der Waals surface area contributed by atoms with Gasteiger partial charge in [0.25, 0.3) is 5.91 Å². The molecule has 3 rings (SSSR count). The van der Waals surface area contributed by atoms with Gasteiger partial charge in [0, 0.05) is 23.3 Å². The van der Waals surface area contributed by atoms with Crippen LogP contribution in [0.4, 0.5) is 0 Å². The number of ether oxygens (including phenoxy) is 1. The predicted octanol–water partition coefficient (Wildman–Crippen LogP) is 4.22. The molecule has 0 fully saturated rings. The van der Waals surface area contributed by atoms with Gasteiger partial charge in [-0.2, -0.15) is 0 Å². The molecule has 3 aromatic rings. The number of esters is 1. The molecule has 1 amide bonds. The molecule has 0 unspecified atom stereocenters. The van der Waals surface area contributed by atoms with E-state index >= 15 is 0 Å². The van der Waals surface area contributed by atoms with Crippen molar-refractivity contribution >= 4 is 23.6 Å². The number of hydrogen-bond acceptors (Lipinski definition) is 6. The molecular formula is C24H28N4O3S. The topological polar surface area (TPSA) is 77.3 Å². The van der Waals surface area contributed by atoms with Crippen molar-refractivity contribution in [3.8, 4) is 17.1 Å². The highest BCUT2D eigenvalue weighted by atomic mass is 32.2. The van der Waals surface area contributed by atoms with Gasteiger partial charge >= 0.3 is 5.97 Å². The Hall–Kier alpha value is -3.13. The maximum Gasteiger partial charge on any atom is 0.316 e. The molecule has 0 aliphatic carbocycles. The maximum absolute atomic E-state index is 12.4. The second-order valence-electron chi connectivity index (χ2n) is 7.78. The summed E-state index contributed by atoms with van der Waals surface area (Å²) in [6, 6.07) is 19.6. The summed E-state index contributed by atoms with van der Waals surface area (Å²) < 4.78 is 7.15. The molecule has 32 heavy (non-hydrogen) atoms. The lowest BCUT2D eigenvalue weighted by Crippen LogP contribution is -2.44. The molecule has 2 aromatic carbocycles. The third-order valence-electron chi connectivity index (χ3n) is 4.76. The van der Waals surface area contributed by atoms with Gasteiger partial charge in [0.1, 0.15) is 0 Å². The average Bonchev–Trinajstić information content (AvgIpc) is 3.21. The molecule has 0 N–H and O–H groups in total. The Bertz CT molecular complexity index is 1030. The first-order chi connectivity index (χ1) is 15.4. The van der Waals surface area contributed by atoms with Gasteiger partial charge in [0.15, 0.2) is 17.6 Å². The van der Waals surface area contributed by atoms with Crippen LogP contribution in [0.15, 0.2) is 65.8 Å². The summed E-state index contributed by atoms with van der Waals surface area (Å²) in [6.45, 7) is 7.50. The molecule has 1 heterocycles. The fourth-order valence-corrected chi connectivity index (χ4v) is 4.25. The minimum absolute atomic E-state index is 0.0242. The lowest BCUT2D eigenvalue weighted by molar-refractivity contribution is -0.151. The fourth-order valence-electron chi connectivity index (χ4n) is 3.50. The average molecular weight is 453 g/mol. The standard InChI is InChI=1S/C24H28N4O3S/c1-17(2)27(18(3)4)21(29)15-31-22(30)16-32-24-26-25-23(19-11-7-5-8-12-19)28(24)20-13-9-6-10-14-20/h5-14,17-18H,15-16H2,1-4H3. The van der Waals surface area contributed by atoms with E-state index in [2.05, 4.69) is 10.2 Å². The van der Waals surface area contributed by atoms with Crippen LogP contribution in [0.5, 0.6) is 0 Å². The fraction of sp³-hybridized carbons (Fsp3) is 0.333. The minimum Gasteiger partial charge on any atom is -0.455 e. The van der Waals surface area contributed by atoms with Crippen molar-refractivity contribution in [2.24, 2.45) is 0 Å². The number of benzene rings is 2. The number of nitrogens with zero attached hydrogens (tertiary/aromatic N) is 4. The molecule has 0 saturated heterocycles. The molecular weight excluding hydrogens is 424 g/mol. The largest absolute Gasteiger partial charge is 0.455 e. The Morgan fingerprint density at radius 2 is 1.53 bits per heavy atom. The molecule has 1 aromatic heterocycles. The second kappa shape index (κ2) is 10.9. The highest BCUT2D eigenvalue weighted by molar-refractivity contribution is 7.99. The minimum atomic E-state index is -0.473. The zero-order chi connectivity index (χ0) is 23.1. The van der Waals surface area contributed by atoms with Crippen LogP contribution in [-0.2, 0) is 14.3 Å². The maximum atomic E-state index is 12.4. The van der Waals surface area contributed by atoms with Crippen molar-refractivity contribution in [3.05, 3.63) is 60.7 Å². The number of carbonyl (C=O) groups is 2. The van der Waals surface area contributed by atoms with E-state index in [0.717, 1.165) is 11.3 Å². The van der Waals surface area contributed by atoms with E-state index in [1.807, 2.05) is 92.9 Å². The molecule has 0 radical (unpaired) electrons. The predicted molar refractivity (Wildman–Crippen MR) is 126 cm³/mol. The van der Waals surface area contributed by atoms with Crippen LogP contribution < -0.4 is 0 Å². The van der Waals surface area contributed by atoms with E-state index in [9.17, 15) is 9.59 Å². The van der Waals surface area contributed by atoms with Crippen LogP contribution in [-0.4, -0.2) is 56.0 Å². The summed E-state index contributed by atoms with van der Waals surface area (Å²) in [6.07, 6.45) is 0. The first kappa shape index (κ1) is 23.5. The number of amides is 1. The summed E-state index contributed by atoms with van der Waals surface area (Å²) in [4.78, 5) is 26.5. The van der Waals surface area contributed by atoms with Gasteiger partial charge in [0.05, 0.1) is 5.75 Å². The van der Waals surface area contributed by atoms with Crippen LogP contribution in [0, 0.1) is 0 Å². The number of hydrogen-bond donors (Lipinski definition) is 0. The first-order valence-electron chi connectivity index (χ1n) is 10.5. The molecule has 0 bridgehead atoms. The van der Waals surface area contributed by atoms with Crippen LogP contribution in [0.25, 0.3) is 17.1 Å². The Morgan fingerprint density at radius 3 is 2.12 bits per heavy atom. The Labute approximate surface area is 192 Å². The van der Waals surface area contributed by atoms with Gasteiger partial charge in [-0.3, -0.25) is 14.2 Å². The molecule has 0 spiro atoms. The van der Waals surface area contributed by atoms with Gasteiger partial charge in [-0.05, 0) is 39.8 Å². The molecule has 7 nitrogen and oxygen atoms in total. The van der Waals surface area contributed by atoms with Gasteiger partial charge in [-0.1, -0.05) is 60.3 Å². The zero-order valence-corrected chi connectivity index (χ0v) is 19.6. The van der Waals surface area contributed by atoms with E-state index in [1.54, 1.807) is 4.90 Å². The summed E-state index contributed by atoms with van der Waals surface area (Å²) in [7, 11) is 0. The van der Waals surface area contributed by atoms with E-state index in [0.29, 0.717) is 11.0 Å². The molecule has 0 aliphatic heterocycles. The summed E-state index contributed by atoms with van der Waals surface area (Å²) >= 11 is 1.23. The first-order valence-corrected chi connectivity index (χ1v) is 11.5. The van der Waals surface area contributed by atoms with E-state index < -0.39 is 5.97 Å². The van der Waals surface area contributed by atoms with Crippen LogP contribution in [0.1, 0.15) is 27.7 Å². The number of para-hydroxylation sites is 1. The van der Waals surface area contributed by atoms with Crippen molar-refractivity contribution < 1.29 is 14.3 Å². The summed E-state index contributed by atoms with van der Waals surface area (Å²) in [5.41, 5.74) is 1.82. The highest BCUT2D eigenvalue weighted by Crippen LogP contribution is 2.27. The van der Waals surface area contributed by atoms with Crippen molar-refractivity contribution in [2.45, 2.75) is 44.9 Å². The lowest BCUT2D eigenvalue weighted by atomic mass is 10.2. The molecule has 0 aliphatic rings. The van der Waals surface area contributed by atoms with Crippen molar-refractivity contribution in [1.82, 2.24) is 19.7 Å².